The lowest BCUT2D eigenvalue weighted by Crippen LogP contribution is -2.23. The van der Waals surface area contributed by atoms with Gasteiger partial charge in [-0.2, -0.15) is 0 Å². The van der Waals surface area contributed by atoms with Crippen molar-refractivity contribution in [1.29, 1.82) is 0 Å². The Hall–Kier alpha value is -0.860. The molecule has 0 saturated carbocycles. The van der Waals surface area contributed by atoms with Crippen LogP contribution >= 0.6 is 0 Å². The predicted octanol–water partition coefficient (Wildman–Crippen LogP) is 2.91. The SMILES string of the molecule is C[C@@H](NCCC1CCCO1)c1ccccc1. The Morgan fingerprint density at radius 3 is 2.88 bits per heavy atom. The van der Waals surface area contributed by atoms with Crippen molar-refractivity contribution >= 4 is 0 Å². The van der Waals surface area contributed by atoms with Crippen molar-refractivity contribution in [2.45, 2.75) is 38.3 Å². The van der Waals surface area contributed by atoms with Crippen LogP contribution in [0.25, 0.3) is 0 Å². The lowest BCUT2D eigenvalue weighted by Gasteiger charge is -2.16. The molecular weight excluding hydrogens is 198 g/mol. The van der Waals surface area contributed by atoms with Gasteiger partial charge >= 0.3 is 0 Å². The molecule has 2 nitrogen and oxygen atoms in total. The molecule has 1 N–H and O–H groups in total. The molecule has 16 heavy (non-hydrogen) atoms. The zero-order valence-corrected chi connectivity index (χ0v) is 9.99. The zero-order valence-electron chi connectivity index (χ0n) is 9.99. The summed E-state index contributed by atoms with van der Waals surface area (Å²) < 4.78 is 5.60. The standard InChI is InChI=1S/C14H21NO/c1-12(13-6-3-2-4-7-13)15-10-9-14-8-5-11-16-14/h2-4,6-7,12,14-15H,5,8-11H2,1H3/t12-,14?/m1/s1. The second-order valence-corrected chi connectivity index (χ2v) is 4.51. The van der Waals surface area contributed by atoms with Crippen molar-refractivity contribution in [3.05, 3.63) is 35.9 Å². The summed E-state index contributed by atoms with van der Waals surface area (Å²) in [4.78, 5) is 0. The van der Waals surface area contributed by atoms with Crippen molar-refractivity contribution in [1.82, 2.24) is 5.32 Å². The predicted molar refractivity (Wildman–Crippen MR) is 66.5 cm³/mol. The quantitative estimate of drug-likeness (QED) is 0.822. The van der Waals surface area contributed by atoms with Crippen LogP contribution in [-0.2, 0) is 4.74 Å². The van der Waals surface area contributed by atoms with Crippen molar-refractivity contribution in [3.63, 3.8) is 0 Å². The smallest absolute Gasteiger partial charge is 0.0588 e. The van der Waals surface area contributed by atoms with Crippen molar-refractivity contribution < 1.29 is 4.74 Å². The second-order valence-electron chi connectivity index (χ2n) is 4.51. The molecule has 0 radical (unpaired) electrons. The van der Waals surface area contributed by atoms with Gasteiger partial charge in [0, 0.05) is 12.6 Å². The highest BCUT2D eigenvalue weighted by atomic mass is 16.5. The third kappa shape index (κ3) is 3.32. The summed E-state index contributed by atoms with van der Waals surface area (Å²) in [6.07, 6.45) is 4.10. The third-order valence-corrected chi connectivity index (χ3v) is 3.24. The molecule has 0 amide bonds. The Balaban J connectivity index is 1.69. The van der Waals surface area contributed by atoms with Gasteiger partial charge in [-0.05, 0) is 38.3 Å². The molecule has 1 unspecified atom stereocenters. The van der Waals surface area contributed by atoms with Crippen LogP contribution in [0.1, 0.15) is 37.8 Å². The minimum atomic E-state index is 0.433. The molecule has 0 spiro atoms. The minimum Gasteiger partial charge on any atom is -0.378 e. The van der Waals surface area contributed by atoms with E-state index in [2.05, 4.69) is 42.6 Å². The molecule has 1 aromatic rings. The first-order valence-corrected chi connectivity index (χ1v) is 6.26. The van der Waals surface area contributed by atoms with Gasteiger partial charge in [-0.15, -0.1) is 0 Å². The van der Waals surface area contributed by atoms with Gasteiger partial charge in [-0.3, -0.25) is 0 Å². The van der Waals surface area contributed by atoms with Crippen molar-refractivity contribution in [2.24, 2.45) is 0 Å². The fraction of sp³-hybridized carbons (Fsp3) is 0.571. The molecule has 0 bridgehead atoms. The topological polar surface area (TPSA) is 21.3 Å². The number of hydrogen-bond donors (Lipinski definition) is 1. The summed E-state index contributed by atoms with van der Waals surface area (Å²) in [5, 5.41) is 3.55. The zero-order chi connectivity index (χ0) is 11.2. The molecule has 2 rings (SSSR count). The largest absolute Gasteiger partial charge is 0.378 e. The Bertz CT molecular complexity index is 293. The average Bonchev–Trinajstić information content (AvgIpc) is 2.83. The second kappa shape index (κ2) is 6.02. The van der Waals surface area contributed by atoms with Gasteiger partial charge in [0.1, 0.15) is 0 Å². The average molecular weight is 219 g/mol. The maximum absolute atomic E-state index is 5.60. The number of benzene rings is 1. The first kappa shape index (κ1) is 11.6. The lowest BCUT2D eigenvalue weighted by molar-refractivity contribution is 0.103. The number of nitrogens with one attached hydrogen (secondary N) is 1. The van der Waals surface area contributed by atoms with E-state index in [1.54, 1.807) is 0 Å². The van der Waals surface area contributed by atoms with E-state index < -0.39 is 0 Å². The van der Waals surface area contributed by atoms with Crippen molar-refractivity contribution in [2.75, 3.05) is 13.2 Å². The normalized spacial score (nSPS) is 22.2. The molecular formula is C14H21NO. The Morgan fingerprint density at radius 2 is 2.19 bits per heavy atom. The van der Waals surface area contributed by atoms with Gasteiger partial charge in [0.25, 0.3) is 0 Å². The third-order valence-electron chi connectivity index (χ3n) is 3.24. The van der Waals surface area contributed by atoms with Gasteiger partial charge in [0.05, 0.1) is 6.10 Å². The summed E-state index contributed by atoms with van der Waals surface area (Å²) in [5.41, 5.74) is 1.36. The van der Waals surface area contributed by atoms with E-state index in [1.807, 2.05) is 0 Å². The van der Waals surface area contributed by atoms with Crippen LogP contribution in [0, 0.1) is 0 Å². The van der Waals surface area contributed by atoms with E-state index >= 15 is 0 Å². The summed E-state index contributed by atoms with van der Waals surface area (Å²) in [6.45, 7) is 4.21. The molecule has 1 aromatic carbocycles. The van der Waals surface area contributed by atoms with Crippen LogP contribution in [0.4, 0.5) is 0 Å². The highest BCUT2D eigenvalue weighted by Gasteiger charge is 2.15. The molecule has 1 aliphatic rings. The Kier molecular flexibility index (Phi) is 4.37. The number of rotatable bonds is 5. The van der Waals surface area contributed by atoms with Crippen LogP contribution < -0.4 is 5.32 Å². The Labute approximate surface area is 98.0 Å². The summed E-state index contributed by atoms with van der Waals surface area (Å²) in [6, 6.07) is 11.0. The fourth-order valence-corrected chi connectivity index (χ4v) is 2.19. The monoisotopic (exact) mass is 219 g/mol. The first-order valence-electron chi connectivity index (χ1n) is 6.26. The molecule has 1 heterocycles. The van der Waals surface area contributed by atoms with Crippen LogP contribution in [0.5, 0.6) is 0 Å². The highest BCUT2D eigenvalue weighted by Crippen LogP contribution is 2.16. The van der Waals surface area contributed by atoms with E-state index in [1.165, 1.54) is 18.4 Å². The van der Waals surface area contributed by atoms with Crippen LogP contribution in [0.2, 0.25) is 0 Å². The molecule has 1 fully saturated rings. The van der Waals surface area contributed by atoms with Crippen LogP contribution in [0.15, 0.2) is 30.3 Å². The number of hydrogen-bond acceptors (Lipinski definition) is 2. The van der Waals surface area contributed by atoms with Gasteiger partial charge in [0.2, 0.25) is 0 Å². The van der Waals surface area contributed by atoms with Gasteiger partial charge in [-0.25, -0.2) is 0 Å². The first-order chi connectivity index (χ1) is 7.86. The summed E-state index contributed by atoms with van der Waals surface area (Å²) in [5.74, 6) is 0. The molecule has 2 heteroatoms. The van der Waals surface area contributed by atoms with E-state index in [-0.39, 0.29) is 0 Å². The van der Waals surface area contributed by atoms with Crippen LogP contribution in [-0.4, -0.2) is 19.3 Å². The highest BCUT2D eigenvalue weighted by molar-refractivity contribution is 5.17. The van der Waals surface area contributed by atoms with Crippen LogP contribution in [0.3, 0.4) is 0 Å². The lowest BCUT2D eigenvalue weighted by atomic mass is 10.1. The minimum absolute atomic E-state index is 0.433. The van der Waals surface area contributed by atoms with Gasteiger partial charge in [-0.1, -0.05) is 30.3 Å². The molecule has 2 atom stereocenters. The molecule has 88 valence electrons. The fourth-order valence-electron chi connectivity index (χ4n) is 2.19. The van der Waals surface area contributed by atoms with Gasteiger partial charge < -0.3 is 10.1 Å². The maximum Gasteiger partial charge on any atom is 0.0588 e. The number of ether oxygens (including phenoxy) is 1. The van der Waals surface area contributed by atoms with E-state index in [9.17, 15) is 0 Å². The molecule has 1 aliphatic heterocycles. The molecule has 0 aliphatic carbocycles. The Morgan fingerprint density at radius 1 is 1.38 bits per heavy atom. The van der Waals surface area contributed by atoms with Crippen molar-refractivity contribution in [3.8, 4) is 0 Å². The summed E-state index contributed by atoms with van der Waals surface area (Å²) in [7, 11) is 0. The maximum atomic E-state index is 5.60. The molecule has 1 saturated heterocycles. The van der Waals surface area contributed by atoms with Gasteiger partial charge in [0.15, 0.2) is 0 Å². The van der Waals surface area contributed by atoms with E-state index in [0.717, 1.165) is 19.6 Å². The molecule has 0 aromatic heterocycles. The summed E-state index contributed by atoms with van der Waals surface area (Å²) >= 11 is 0. The van der Waals surface area contributed by atoms with E-state index in [4.69, 9.17) is 4.74 Å². The van der Waals surface area contributed by atoms with E-state index in [0.29, 0.717) is 12.1 Å².